The van der Waals surface area contributed by atoms with Crippen LogP contribution in [0.4, 0.5) is 0 Å². The topological polar surface area (TPSA) is 82.8 Å². The van der Waals surface area contributed by atoms with Crippen molar-refractivity contribution in [2.75, 3.05) is 13.1 Å². The predicted molar refractivity (Wildman–Crippen MR) is 69.5 cm³/mol. The molecule has 0 radical (unpaired) electrons. The first kappa shape index (κ1) is 15.2. The SMILES string of the molecule is CC(C)(C)N(CC(=O)O)CC(=O)NCc1ccco1. The minimum absolute atomic E-state index is 0.0382. The van der Waals surface area contributed by atoms with Gasteiger partial charge in [0.25, 0.3) is 0 Å². The van der Waals surface area contributed by atoms with Crippen molar-refractivity contribution in [3.05, 3.63) is 24.2 Å². The molecule has 6 nitrogen and oxygen atoms in total. The van der Waals surface area contributed by atoms with E-state index in [1.165, 1.54) is 6.26 Å². The summed E-state index contributed by atoms with van der Waals surface area (Å²) in [5.74, 6) is -0.518. The third kappa shape index (κ3) is 5.56. The van der Waals surface area contributed by atoms with Crippen LogP contribution in [-0.4, -0.2) is 40.5 Å². The molecule has 0 saturated heterocycles. The van der Waals surface area contributed by atoms with Crippen LogP contribution in [0.3, 0.4) is 0 Å². The van der Waals surface area contributed by atoms with Crippen LogP contribution in [0.15, 0.2) is 22.8 Å². The van der Waals surface area contributed by atoms with E-state index in [9.17, 15) is 9.59 Å². The molecular formula is C13H20N2O4. The van der Waals surface area contributed by atoms with E-state index in [0.29, 0.717) is 12.3 Å². The van der Waals surface area contributed by atoms with Gasteiger partial charge >= 0.3 is 5.97 Å². The third-order valence-corrected chi connectivity index (χ3v) is 2.65. The Bertz CT molecular complexity index is 420. The molecule has 6 heteroatoms. The second kappa shape index (κ2) is 6.38. The van der Waals surface area contributed by atoms with E-state index >= 15 is 0 Å². The van der Waals surface area contributed by atoms with Gasteiger partial charge in [0.15, 0.2) is 0 Å². The van der Waals surface area contributed by atoms with Gasteiger partial charge in [-0.2, -0.15) is 0 Å². The zero-order valence-electron chi connectivity index (χ0n) is 11.5. The summed E-state index contributed by atoms with van der Waals surface area (Å²) in [6.45, 7) is 5.78. The highest BCUT2D eigenvalue weighted by Gasteiger charge is 2.25. The fourth-order valence-electron chi connectivity index (χ4n) is 1.52. The molecule has 1 heterocycles. The standard InChI is InChI=1S/C13H20N2O4/c1-13(2,3)15(9-12(17)18)8-11(16)14-7-10-5-4-6-19-10/h4-6H,7-9H2,1-3H3,(H,14,16)(H,17,18). The molecule has 0 aromatic carbocycles. The minimum atomic E-state index is -0.950. The second-order valence-electron chi connectivity index (χ2n) is 5.28. The number of carbonyl (C=O) groups excluding carboxylic acids is 1. The first-order valence-corrected chi connectivity index (χ1v) is 6.05. The van der Waals surface area contributed by atoms with Crippen LogP contribution in [0, 0.1) is 0 Å². The Balaban J connectivity index is 2.49. The van der Waals surface area contributed by atoms with Crippen molar-refractivity contribution in [1.29, 1.82) is 0 Å². The number of carboxylic acids is 1. The molecule has 0 fully saturated rings. The van der Waals surface area contributed by atoms with Gasteiger partial charge < -0.3 is 14.8 Å². The Hall–Kier alpha value is -1.82. The fraction of sp³-hybridized carbons (Fsp3) is 0.538. The van der Waals surface area contributed by atoms with Crippen molar-refractivity contribution < 1.29 is 19.1 Å². The van der Waals surface area contributed by atoms with Crippen molar-refractivity contribution in [1.82, 2.24) is 10.2 Å². The number of aliphatic carboxylic acids is 1. The molecule has 0 atom stereocenters. The van der Waals surface area contributed by atoms with Crippen LogP contribution in [0.5, 0.6) is 0 Å². The van der Waals surface area contributed by atoms with Crippen LogP contribution < -0.4 is 5.32 Å². The van der Waals surface area contributed by atoms with Crippen LogP contribution in [0.2, 0.25) is 0 Å². The molecule has 0 saturated carbocycles. The van der Waals surface area contributed by atoms with Gasteiger partial charge in [-0.3, -0.25) is 14.5 Å². The lowest BCUT2D eigenvalue weighted by atomic mass is 10.1. The summed E-state index contributed by atoms with van der Waals surface area (Å²) < 4.78 is 5.10. The van der Waals surface area contributed by atoms with Crippen molar-refractivity contribution in [2.45, 2.75) is 32.9 Å². The Morgan fingerprint density at radius 1 is 1.37 bits per heavy atom. The van der Waals surface area contributed by atoms with Gasteiger partial charge in [0, 0.05) is 5.54 Å². The van der Waals surface area contributed by atoms with E-state index in [2.05, 4.69) is 5.32 Å². The van der Waals surface area contributed by atoms with E-state index in [1.54, 1.807) is 17.0 Å². The molecule has 0 aliphatic carbocycles. The molecule has 0 unspecified atom stereocenters. The maximum absolute atomic E-state index is 11.8. The third-order valence-electron chi connectivity index (χ3n) is 2.65. The number of amides is 1. The summed E-state index contributed by atoms with van der Waals surface area (Å²) >= 11 is 0. The van der Waals surface area contributed by atoms with Crippen LogP contribution in [-0.2, 0) is 16.1 Å². The van der Waals surface area contributed by atoms with Gasteiger partial charge in [-0.15, -0.1) is 0 Å². The Morgan fingerprint density at radius 2 is 2.05 bits per heavy atom. The molecule has 2 N–H and O–H groups in total. The molecule has 1 aromatic rings. The highest BCUT2D eigenvalue weighted by molar-refractivity contribution is 5.79. The summed E-state index contributed by atoms with van der Waals surface area (Å²) in [5, 5.41) is 11.5. The summed E-state index contributed by atoms with van der Waals surface area (Å²) in [6, 6.07) is 3.51. The van der Waals surface area contributed by atoms with Gasteiger partial charge in [0.2, 0.25) is 5.91 Å². The van der Waals surface area contributed by atoms with Crippen LogP contribution in [0.1, 0.15) is 26.5 Å². The zero-order valence-corrected chi connectivity index (χ0v) is 11.5. The summed E-state index contributed by atoms with van der Waals surface area (Å²) in [6.07, 6.45) is 1.54. The molecule has 106 valence electrons. The van der Waals surface area contributed by atoms with E-state index < -0.39 is 5.97 Å². The van der Waals surface area contributed by atoms with Crippen molar-refractivity contribution in [3.63, 3.8) is 0 Å². The molecule has 1 rings (SSSR count). The Morgan fingerprint density at radius 3 is 2.53 bits per heavy atom. The lowest BCUT2D eigenvalue weighted by molar-refractivity contribution is -0.140. The quantitative estimate of drug-likeness (QED) is 0.806. The molecule has 19 heavy (non-hydrogen) atoms. The number of rotatable bonds is 6. The highest BCUT2D eigenvalue weighted by Crippen LogP contribution is 2.12. The van der Waals surface area contributed by atoms with E-state index in [-0.39, 0.29) is 24.5 Å². The molecule has 1 amide bonds. The smallest absolute Gasteiger partial charge is 0.317 e. The number of nitrogens with zero attached hydrogens (tertiary/aromatic N) is 1. The number of carboxylic acid groups (broad SMARTS) is 1. The number of carbonyl (C=O) groups is 2. The first-order valence-electron chi connectivity index (χ1n) is 6.05. The number of nitrogens with one attached hydrogen (secondary N) is 1. The van der Waals surface area contributed by atoms with Crippen LogP contribution >= 0.6 is 0 Å². The fourth-order valence-corrected chi connectivity index (χ4v) is 1.52. The number of hydrogen-bond donors (Lipinski definition) is 2. The predicted octanol–water partition coefficient (Wildman–Crippen LogP) is 1.08. The Kier molecular flexibility index (Phi) is 5.11. The van der Waals surface area contributed by atoms with Gasteiger partial charge in [-0.25, -0.2) is 0 Å². The van der Waals surface area contributed by atoms with Gasteiger partial charge in [-0.1, -0.05) is 0 Å². The largest absolute Gasteiger partial charge is 0.480 e. The Labute approximate surface area is 112 Å². The summed E-state index contributed by atoms with van der Waals surface area (Å²) in [7, 11) is 0. The molecule has 0 aliphatic heterocycles. The van der Waals surface area contributed by atoms with E-state index in [4.69, 9.17) is 9.52 Å². The maximum Gasteiger partial charge on any atom is 0.317 e. The van der Waals surface area contributed by atoms with Gasteiger partial charge in [-0.05, 0) is 32.9 Å². The van der Waals surface area contributed by atoms with Crippen molar-refractivity contribution in [3.8, 4) is 0 Å². The zero-order chi connectivity index (χ0) is 14.5. The van der Waals surface area contributed by atoms with Crippen molar-refractivity contribution >= 4 is 11.9 Å². The van der Waals surface area contributed by atoms with Crippen LogP contribution in [0.25, 0.3) is 0 Å². The van der Waals surface area contributed by atoms with E-state index in [1.807, 2.05) is 20.8 Å². The molecule has 0 spiro atoms. The molecule has 0 aliphatic rings. The molecule has 0 bridgehead atoms. The average molecular weight is 268 g/mol. The first-order chi connectivity index (χ1) is 8.79. The van der Waals surface area contributed by atoms with E-state index in [0.717, 1.165) is 0 Å². The lowest BCUT2D eigenvalue weighted by Gasteiger charge is -2.33. The van der Waals surface area contributed by atoms with Gasteiger partial charge in [0.05, 0.1) is 25.9 Å². The normalized spacial score (nSPS) is 11.6. The summed E-state index contributed by atoms with van der Waals surface area (Å²) in [4.78, 5) is 24.2. The monoisotopic (exact) mass is 268 g/mol. The number of hydrogen-bond acceptors (Lipinski definition) is 4. The second-order valence-corrected chi connectivity index (χ2v) is 5.28. The minimum Gasteiger partial charge on any atom is -0.480 e. The molecule has 1 aromatic heterocycles. The maximum atomic E-state index is 11.8. The molecular weight excluding hydrogens is 248 g/mol. The van der Waals surface area contributed by atoms with Crippen molar-refractivity contribution in [2.24, 2.45) is 0 Å². The number of furan rings is 1. The average Bonchev–Trinajstić information content (AvgIpc) is 2.76. The summed E-state index contributed by atoms with van der Waals surface area (Å²) in [5.41, 5.74) is -0.388. The lowest BCUT2D eigenvalue weighted by Crippen LogP contribution is -2.49. The highest BCUT2D eigenvalue weighted by atomic mass is 16.4. The van der Waals surface area contributed by atoms with Gasteiger partial charge in [0.1, 0.15) is 5.76 Å².